The van der Waals surface area contributed by atoms with Crippen LogP contribution in [0.5, 0.6) is 17.2 Å². The fourth-order valence-electron chi connectivity index (χ4n) is 4.58. The highest BCUT2D eigenvalue weighted by Crippen LogP contribution is 2.40. The second-order valence-electron chi connectivity index (χ2n) is 9.16. The molecule has 210 valence electrons. The van der Waals surface area contributed by atoms with Gasteiger partial charge in [-0.1, -0.05) is 22.0 Å². The van der Waals surface area contributed by atoms with Gasteiger partial charge in [-0.05, 0) is 36.3 Å². The molecule has 0 aliphatic carbocycles. The maximum Gasteiger partial charge on any atom is 0.254 e. The summed E-state index contributed by atoms with van der Waals surface area (Å²) in [5.74, 6) is 3.04. The molecule has 0 saturated carbocycles. The van der Waals surface area contributed by atoms with E-state index in [-0.39, 0.29) is 5.91 Å². The van der Waals surface area contributed by atoms with Gasteiger partial charge in [-0.2, -0.15) is 15.0 Å². The van der Waals surface area contributed by atoms with Gasteiger partial charge in [-0.25, -0.2) is 0 Å². The SMILES string of the molecule is COc1cc(Nc2nc(C3=CCN(C(=O)c4ccc(Br)cc4)CC3)nc(N3CCOCC3)n2)cc(OC)c1OC. The monoisotopic (exact) mass is 610 g/mol. The molecule has 0 radical (unpaired) electrons. The van der Waals surface area contributed by atoms with Crippen molar-refractivity contribution < 1.29 is 23.7 Å². The second-order valence-corrected chi connectivity index (χ2v) is 10.1. The van der Waals surface area contributed by atoms with Crippen molar-refractivity contribution >= 4 is 45.0 Å². The standard InChI is InChI=1S/C28H31BrN6O5/c1-37-22-16-21(17-23(38-2)24(22)39-3)30-27-31-25(32-28(33-27)35-12-14-40-15-13-35)18-8-10-34(11-9-18)26(36)19-4-6-20(29)7-5-19/h4-8,16-17H,9-15H2,1-3H3,(H,30,31,32,33). The lowest BCUT2D eigenvalue weighted by molar-refractivity contribution is 0.0772. The van der Waals surface area contributed by atoms with Crippen LogP contribution >= 0.6 is 15.9 Å². The summed E-state index contributed by atoms with van der Waals surface area (Å²) in [5, 5.41) is 3.29. The molecule has 1 amide bonds. The van der Waals surface area contributed by atoms with Crippen molar-refractivity contribution in [2.45, 2.75) is 6.42 Å². The number of methoxy groups -OCH3 is 3. The molecule has 1 saturated heterocycles. The first kappa shape index (κ1) is 27.7. The number of nitrogens with one attached hydrogen (secondary N) is 1. The first-order chi connectivity index (χ1) is 19.5. The molecule has 2 aliphatic rings. The summed E-state index contributed by atoms with van der Waals surface area (Å²) in [5.41, 5.74) is 2.29. The Morgan fingerprint density at radius 1 is 0.950 bits per heavy atom. The molecule has 2 aromatic carbocycles. The van der Waals surface area contributed by atoms with E-state index >= 15 is 0 Å². The number of hydrogen-bond acceptors (Lipinski definition) is 10. The minimum atomic E-state index is -0.00258. The number of rotatable bonds is 8. The number of hydrogen-bond donors (Lipinski definition) is 1. The van der Waals surface area contributed by atoms with Gasteiger partial charge in [0.25, 0.3) is 5.91 Å². The predicted molar refractivity (Wildman–Crippen MR) is 155 cm³/mol. The van der Waals surface area contributed by atoms with Gasteiger partial charge in [0.2, 0.25) is 17.6 Å². The highest BCUT2D eigenvalue weighted by Gasteiger charge is 2.23. The first-order valence-corrected chi connectivity index (χ1v) is 13.7. The van der Waals surface area contributed by atoms with Crippen LogP contribution in [0.3, 0.4) is 0 Å². The lowest BCUT2D eigenvalue weighted by Gasteiger charge is -2.28. The molecule has 0 atom stereocenters. The Morgan fingerprint density at radius 3 is 2.25 bits per heavy atom. The van der Waals surface area contributed by atoms with Crippen LogP contribution in [-0.4, -0.2) is 86.5 Å². The highest BCUT2D eigenvalue weighted by atomic mass is 79.9. The Bertz CT molecular complexity index is 1370. The van der Waals surface area contributed by atoms with Crippen LogP contribution in [0.15, 0.2) is 46.9 Å². The summed E-state index contributed by atoms with van der Waals surface area (Å²) in [6.07, 6.45) is 2.64. The van der Waals surface area contributed by atoms with Gasteiger partial charge in [0.1, 0.15) is 0 Å². The molecule has 1 N–H and O–H groups in total. The van der Waals surface area contributed by atoms with Crippen molar-refractivity contribution in [2.24, 2.45) is 0 Å². The third-order valence-corrected chi connectivity index (χ3v) is 7.24. The summed E-state index contributed by atoms with van der Waals surface area (Å²) in [6.45, 7) is 3.61. The summed E-state index contributed by atoms with van der Waals surface area (Å²) in [7, 11) is 4.70. The van der Waals surface area contributed by atoms with Crippen LogP contribution in [0, 0.1) is 0 Å². The number of carbonyl (C=O) groups is 1. The molecular weight excluding hydrogens is 580 g/mol. The van der Waals surface area contributed by atoms with Gasteiger partial charge >= 0.3 is 0 Å². The maximum atomic E-state index is 13.0. The molecule has 2 aliphatic heterocycles. The van der Waals surface area contributed by atoms with Crippen molar-refractivity contribution in [2.75, 3.05) is 70.9 Å². The first-order valence-electron chi connectivity index (χ1n) is 12.9. The molecule has 1 aromatic heterocycles. The minimum absolute atomic E-state index is 0.00258. The number of nitrogens with zero attached hydrogens (tertiary/aromatic N) is 5. The van der Waals surface area contributed by atoms with Gasteiger partial charge in [0.15, 0.2) is 17.3 Å². The third kappa shape index (κ3) is 6.13. The van der Waals surface area contributed by atoms with E-state index in [1.54, 1.807) is 33.5 Å². The summed E-state index contributed by atoms with van der Waals surface area (Å²) in [4.78, 5) is 31.2. The number of aromatic nitrogens is 3. The van der Waals surface area contributed by atoms with E-state index in [4.69, 9.17) is 33.9 Å². The average Bonchev–Trinajstić information content (AvgIpc) is 3.01. The Kier molecular flexibility index (Phi) is 8.66. The molecule has 0 spiro atoms. The number of anilines is 3. The van der Waals surface area contributed by atoms with Crippen LogP contribution in [0.1, 0.15) is 22.6 Å². The molecule has 40 heavy (non-hydrogen) atoms. The zero-order valence-corrected chi connectivity index (χ0v) is 24.2. The van der Waals surface area contributed by atoms with E-state index in [0.717, 1.165) is 10.0 Å². The van der Waals surface area contributed by atoms with E-state index < -0.39 is 0 Å². The van der Waals surface area contributed by atoms with Crippen LogP contribution < -0.4 is 24.4 Å². The lowest BCUT2D eigenvalue weighted by Crippen LogP contribution is -2.38. The van der Waals surface area contributed by atoms with Crippen LogP contribution in [0.4, 0.5) is 17.6 Å². The molecular formula is C28H31BrN6O5. The largest absolute Gasteiger partial charge is 0.493 e. The summed E-state index contributed by atoms with van der Waals surface area (Å²) in [6, 6.07) is 11.0. The molecule has 1 fully saturated rings. The van der Waals surface area contributed by atoms with Crippen LogP contribution in [0.2, 0.25) is 0 Å². The molecule has 0 unspecified atom stereocenters. The molecule has 12 heteroatoms. The smallest absolute Gasteiger partial charge is 0.254 e. The topological polar surface area (TPSA) is 111 Å². The van der Waals surface area contributed by atoms with Crippen LogP contribution in [-0.2, 0) is 4.74 Å². The quantitative estimate of drug-likeness (QED) is 0.399. The Morgan fingerprint density at radius 2 is 1.65 bits per heavy atom. The third-order valence-electron chi connectivity index (χ3n) is 6.71. The minimum Gasteiger partial charge on any atom is -0.493 e. The van der Waals surface area contributed by atoms with E-state index in [0.29, 0.717) is 92.0 Å². The van der Waals surface area contributed by atoms with Crippen LogP contribution in [0.25, 0.3) is 5.57 Å². The molecule has 5 rings (SSSR count). The zero-order chi connectivity index (χ0) is 28.1. The van der Waals surface area contributed by atoms with E-state index in [9.17, 15) is 4.79 Å². The molecule has 3 heterocycles. The number of morpholine rings is 1. The Balaban J connectivity index is 1.43. The number of benzene rings is 2. The number of halogens is 1. The number of amides is 1. The fourth-order valence-corrected chi connectivity index (χ4v) is 4.85. The van der Waals surface area contributed by atoms with E-state index in [2.05, 4.69) is 26.1 Å². The van der Waals surface area contributed by atoms with Gasteiger partial charge in [-0.15, -0.1) is 0 Å². The van der Waals surface area contributed by atoms with E-state index in [1.807, 2.05) is 35.2 Å². The van der Waals surface area contributed by atoms with E-state index in [1.165, 1.54) is 0 Å². The second kappa shape index (κ2) is 12.5. The molecule has 11 nitrogen and oxygen atoms in total. The summed E-state index contributed by atoms with van der Waals surface area (Å²) >= 11 is 3.42. The predicted octanol–water partition coefficient (Wildman–Crippen LogP) is 4.17. The van der Waals surface area contributed by atoms with Crippen molar-refractivity contribution in [3.8, 4) is 17.2 Å². The number of ether oxygens (including phenoxy) is 4. The van der Waals surface area contributed by atoms with Crippen molar-refractivity contribution in [1.29, 1.82) is 0 Å². The van der Waals surface area contributed by atoms with Gasteiger partial charge in [-0.3, -0.25) is 4.79 Å². The van der Waals surface area contributed by atoms with Crippen molar-refractivity contribution in [1.82, 2.24) is 19.9 Å². The molecule has 3 aromatic rings. The van der Waals surface area contributed by atoms with Gasteiger partial charge < -0.3 is 34.1 Å². The zero-order valence-electron chi connectivity index (χ0n) is 22.6. The van der Waals surface area contributed by atoms with Gasteiger partial charge in [0, 0.05) is 54.0 Å². The molecule has 0 bridgehead atoms. The highest BCUT2D eigenvalue weighted by molar-refractivity contribution is 9.10. The normalized spacial score (nSPS) is 15.3. The van der Waals surface area contributed by atoms with Crippen molar-refractivity contribution in [3.63, 3.8) is 0 Å². The average molecular weight is 611 g/mol. The Hall–Kier alpha value is -3.90. The Labute approximate surface area is 241 Å². The van der Waals surface area contributed by atoms with Crippen molar-refractivity contribution in [3.05, 3.63) is 58.3 Å². The van der Waals surface area contributed by atoms with Gasteiger partial charge in [0.05, 0.1) is 34.5 Å². The summed E-state index contributed by atoms with van der Waals surface area (Å²) < 4.78 is 22.9. The lowest BCUT2D eigenvalue weighted by atomic mass is 10.1. The number of carbonyl (C=O) groups excluding carboxylic acids is 1. The maximum absolute atomic E-state index is 13.0. The fraction of sp³-hybridized carbons (Fsp3) is 0.357.